The molecule has 0 bridgehead atoms. The number of halogens is 2. The molecular formula is C27H34Cl2N2O6S. The van der Waals surface area contributed by atoms with Crippen molar-refractivity contribution in [2.75, 3.05) is 39.3 Å². The van der Waals surface area contributed by atoms with Crippen molar-refractivity contribution in [2.24, 2.45) is 0 Å². The van der Waals surface area contributed by atoms with Gasteiger partial charge in [-0.25, -0.2) is 8.42 Å². The Hall–Kier alpha value is -2.17. The molecule has 1 saturated heterocycles. The van der Waals surface area contributed by atoms with Crippen molar-refractivity contribution in [3.05, 3.63) is 69.7 Å². The number of sulfone groups is 1. The number of hydrogen-bond donors (Lipinski definition) is 0. The molecule has 1 aliphatic heterocycles. The van der Waals surface area contributed by atoms with Crippen LogP contribution in [0.15, 0.2) is 48.5 Å². The molecule has 8 nitrogen and oxygen atoms in total. The molecule has 1 fully saturated rings. The fraction of sp³-hybridized carbons (Fsp3) is 0.481. The number of rotatable bonds is 11. The van der Waals surface area contributed by atoms with Crippen LogP contribution in [0.1, 0.15) is 43.0 Å². The van der Waals surface area contributed by atoms with Crippen molar-refractivity contribution < 1.29 is 27.5 Å². The molecule has 0 aliphatic carbocycles. The van der Waals surface area contributed by atoms with Crippen LogP contribution >= 0.6 is 23.2 Å². The fourth-order valence-corrected chi connectivity index (χ4v) is 6.69. The number of benzene rings is 2. The molecule has 1 amide bonds. The van der Waals surface area contributed by atoms with Crippen LogP contribution in [0.5, 0.6) is 0 Å². The van der Waals surface area contributed by atoms with Gasteiger partial charge in [0.1, 0.15) is 12.2 Å². The van der Waals surface area contributed by atoms with E-state index in [0.29, 0.717) is 34.1 Å². The lowest BCUT2D eigenvalue weighted by molar-refractivity contribution is -0.183. The summed E-state index contributed by atoms with van der Waals surface area (Å²) >= 11 is 12.5. The maximum Gasteiger partial charge on any atom is 0.308 e. The molecule has 0 radical (unpaired) electrons. The summed E-state index contributed by atoms with van der Waals surface area (Å²) in [4.78, 5) is 29.6. The van der Waals surface area contributed by atoms with Gasteiger partial charge in [0, 0.05) is 22.6 Å². The second kappa shape index (κ2) is 13.3. The summed E-state index contributed by atoms with van der Waals surface area (Å²) in [5, 5.41) is 0.997. The summed E-state index contributed by atoms with van der Waals surface area (Å²) in [6.07, 6.45) is -1.82. The third-order valence-electron chi connectivity index (χ3n) is 6.56. The minimum absolute atomic E-state index is 0.0377. The molecule has 3 rings (SSSR count). The Morgan fingerprint density at radius 2 is 1.79 bits per heavy atom. The Bertz CT molecular complexity index is 1220. The minimum Gasteiger partial charge on any atom is -0.469 e. The van der Waals surface area contributed by atoms with E-state index in [2.05, 4.69) is 0 Å². The number of hydrogen-bond acceptors (Lipinski definition) is 7. The predicted molar refractivity (Wildman–Crippen MR) is 148 cm³/mol. The van der Waals surface area contributed by atoms with Gasteiger partial charge in [0.2, 0.25) is 0 Å². The first-order valence-corrected chi connectivity index (χ1v) is 14.9. The van der Waals surface area contributed by atoms with Crippen LogP contribution in [-0.4, -0.2) is 81.5 Å². The van der Waals surface area contributed by atoms with Crippen LogP contribution in [0, 0.1) is 0 Å². The Balaban J connectivity index is 2.14. The van der Waals surface area contributed by atoms with Gasteiger partial charge in [0.15, 0.2) is 9.84 Å². The van der Waals surface area contributed by atoms with Crippen LogP contribution in [0.4, 0.5) is 0 Å². The van der Waals surface area contributed by atoms with E-state index in [4.69, 9.17) is 32.7 Å². The average molecular weight is 586 g/mol. The molecule has 2 aromatic rings. The maximum atomic E-state index is 14.0. The Morgan fingerprint density at radius 3 is 2.37 bits per heavy atom. The van der Waals surface area contributed by atoms with Crippen molar-refractivity contribution in [1.29, 1.82) is 0 Å². The number of morpholine rings is 1. The Labute approximate surface area is 234 Å². The molecule has 0 unspecified atom stereocenters. The predicted octanol–water partition coefficient (Wildman–Crippen LogP) is 4.32. The van der Waals surface area contributed by atoms with Crippen molar-refractivity contribution in [3.63, 3.8) is 0 Å². The van der Waals surface area contributed by atoms with E-state index in [1.165, 1.54) is 7.11 Å². The van der Waals surface area contributed by atoms with E-state index in [1.807, 2.05) is 27.1 Å². The third-order valence-corrected chi connectivity index (χ3v) is 8.74. The summed E-state index contributed by atoms with van der Waals surface area (Å²) in [6, 6.07) is 12.7. The van der Waals surface area contributed by atoms with Crippen molar-refractivity contribution in [3.8, 4) is 0 Å². The van der Waals surface area contributed by atoms with Crippen LogP contribution < -0.4 is 0 Å². The highest BCUT2D eigenvalue weighted by Crippen LogP contribution is 2.44. The number of amides is 1. The molecule has 1 aliphatic rings. The average Bonchev–Trinajstić information content (AvgIpc) is 2.87. The standard InChI is InChI=1S/C27H34Cl2N2O6S/c1-5-22(17-38(34,35)14-13-30(2)3)31-25(18-9-11-20(28)12-10-18)26(19-7-6-8-21(29)15-19)37-23(27(31)33)16-24(32)36-4/h6-12,15,22-23,25-26H,5,13-14,16-17H2,1-4H3/t22-,23+,25-,26-/m1/s1. The molecule has 0 spiro atoms. The molecule has 0 aromatic heterocycles. The molecule has 1 heterocycles. The summed E-state index contributed by atoms with van der Waals surface area (Å²) in [6.45, 7) is 2.21. The first-order valence-electron chi connectivity index (χ1n) is 12.4. The zero-order valence-corrected chi connectivity index (χ0v) is 24.3. The van der Waals surface area contributed by atoms with E-state index in [0.717, 1.165) is 0 Å². The molecular weight excluding hydrogens is 551 g/mol. The number of nitrogens with zero attached hydrogens (tertiary/aromatic N) is 2. The fourth-order valence-electron chi connectivity index (χ4n) is 4.57. The number of carbonyl (C=O) groups excluding carboxylic acids is 2. The molecule has 4 atom stereocenters. The van der Waals surface area contributed by atoms with Gasteiger partial charge in [-0.15, -0.1) is 0 Å². The van der Waals surface area contributed by atoms with Crippen molar-refractivity contribution in [2.45, 2.75) is 44.1 Å². The number of carbonyl (C=O) groups is 2. The summed E-state index contributed by atoms with van der Waals surface area (Å²) in [7, 11) is 1.34. The van der Waals surface area contributed by atoms with Gasteiger partial charge in [-0.3, -0.25) is 9.59 Å². The number of methoxy groups -OCH3 is 1. The minimum atomic E-state index is -3.52. The highest BCUT2D eigenvalue weighted by atomic mass is 35.5. The topological polar surface area (TPSA) is 93.2 Å². The lowest BCUT2D eigenvalue weighted by Crippen LogP contribution is -2.56. The van der Waals surface area contributed by atoms with Crippen molar-refractivity contribution >= 4 is 44.9 Å². The zero-order valence-electron chi connectivity index (χ0n) is 22.0. The highest BCUT2D eigenvalue weighted by molar-refractivity contribution is 7.91. The summed E-state index contributed by atoms with van der Waals surface area (Å²) in [5.41, 5.74) is 1.41. The van der Waals surface area contributed by atoms with E-state index < -0.39 is 46.0 Å². The molecule has 38 heavy (non-hydrogen) atoms. The zero-order chi connectivity index (χ0) is 28.0. The maximum absolute atomic E-state index is 14.0. The molecule has 0 N–H and O–H groups in total. The lowest BCUT2D eigenvalue weighted by atomic mass is 9.89. The second-order valence-electron chi connectivity index (χ2n) is 9.60. The van der Waals surface area contributed by atoms with Gasteiger partial charge >= 0.3 is 5.97 Å². The van der Waals surface area contributed by atoms with Crippen LogP contribution in [0.25, 0.3) is 0 Å². The lowest BCUT2D eigenvalue weighted by Gasteiger charge is -2.48. The Kier molecular flexibility index (Phi) is 10.6. The van der Waals surface area contributed by atoms with Gasteiger partial charge in [0.05, 0.1) is 31.1 Å². The summed E-state index contributed by atoms with van der Waals surface area (Å²) < 4.78 is 37.4. The van der Waals surface area contributed by atoms with Gasteiger partial charge in [-0.2, -0.15) is 0 Å². The van der Waals surface area contributed by atoms with Gasteiger partial charge in [-0.05, 0) is 55.9 Å². The first-order chi connectivity index (χ1) is 18.0. The molecule has 11 heteroatoms. The normalized spacial score (nSPS) is 21.0. The van der Waals surface area contributed by atoms with E-state index in [-0.39, 0.29) is 17.9 Å². The van der Waals surface area contributed by atoms with Crippen molar-refractivity contribution in [1.82, 2.24) is 9.80 Å². The molecule has 208 valence electrons. The SMILES string of the molecule is CC[C@H](CS(=O)(=O)CCN(C)C)N1C(=O)[C@H](CC(=O)OC)O[C@H](c2cccc(Cl)c2)[C@H]1c1ccc(Cl)cc1. The highest BCUT2D eigenvalue weighted by Gasteiger charge is 2.47. The van der Waals surface area contributed by atoms with Gasteiger partial charge < -0.3 is 19.3 Å². The Morgan fingerprint density at radius 1 is 1.11 bits per heavy atom. The number of ether oxygens (including phenoxy) is 2. The largest absolute Gasteiger partial charge is 0.469 e. The van der Waals surface area contributed by atoms with Gasteiger partial charge in [-0.1, -0.05) is 54.4 Å². The van der Waals surface area contributed by atoms with E-state index in [9.17, 15) is 18.0 Å². The monoisotopic (exact) mass is 584 g/mol. The van der Waals surface area contributed by atoms with Crippen LogP contribution in [0.2, 0.25) is 10.0 Å². The third kappa shape index (κ3) is 7.70. The first kappa shape index (κ1) is 30.4. The molecule has 2 aromatic carbocycles. The smallest absolute Gasteiger partial charge is 0.308 e. The second-order valence-corrected chi connectivity index (χ2v) is 12.7. The van der Waals surface area contributed by atoms with Crippen LogP contribution in [-0.2, 0) is 28.9 Å². The van der Waals surface area contributed by atoms with Crippen LogP contribution in [0.3, 0.4) is 0 Å². The number of esters is 1. The van der Waals surface area contributed by atoms with Gasteiger partial charge in [0.25, 0.3) is 5.91 Å². The van der Waals surface area contributed by atoms with E-state index in [1.54, 1.807) is 52.3 Å². The molecule has 0 saturated carbocycles. The summed E-state index contributed by atoms with van der Waals surface area (Å²) in [5.74, 6) is -1.34. The quantitative estimate of drug-likeness (QED) is 0.363. The van der Waals surface area contributed by atoms with E-state index >= 15 is 0 Å².